The normalized spacial score (nSPS) is 10.0. The van der Waals surface area contributed by atoms with Crippen LogP contribution in [0.4, 0.5) is 0 Å². The maximum atomic E-state index is 11.9. The summed E-state index contributed by atoms with van der Waals surface area (Å²) in [5.74, 6) is -1.21. The highest BCUT2D eigenvalue weighted by Crippen LogP contribution is 2.28. The minimum Gasteiger partial charge on any atom is -0.464 e. The molecule has 0 radical (unpaired) electrons. The van der Waals surface area contributed by atoms with Crippen molar-refractivity contribution in [1.82, 2.24) is 10.2 Å². The van der Waals surface area contributed by atoms with E-state index in [1.54, 1.807) is 6.92 Å². The van der Waals surface area contributed by atoms with Crippen molar-refractivity contribution >= 4 is 11.9 Å². The van der Waals surface area contributed by atoms with E-state index in [-0.39, 0.29) is 11.4 Å². The molecule has 0 amide bonds. The number of carbonyl (C=O) groups is 2. The van der Waals surface area contributed by atoms with Crippen molar-refractivity contribution in [2.24, 2.45) is 0 Å². The van der Waals surface area contributed by atoms with Crippen molar-refractivity contribution in [2.45, 2.75) is 6.92 Å². The van der Waals surface area contributed by atoms with Crippen LogP contribution in [0.5, 0.6) is 0 Å². The highest BCUT2D eigenvalue weighted by Gasteiger charge is 2.23. The van der Waals surface area contributed by atoms with Crippen LogP contribution in [0.3, 0.4) is 0 Å². The average molecular weight is 286 g/mol. The summed E-state index contributed by atoms with van der Waals surface area (Å²) < 4.78 is 9.40. The Kier molecular flexibility index (Phi) is 4.27. The molecule has 0 aliphatic carbocycles. The largest absolute Gasteiger partial charge is 0.464 e. The van der Waals surface area contributed by atoms with Gasteiger partial charge in [-0.25, -0.2) is 9.59 Å². The van der Waals surface area contributed by atoms with E-state index in [9.17, 15) is 9.59 Å². The summed E-state index contributed by atoms with van der Waals surface area (Å²) in [5, 5.41) is 7.61. The van der Waals surface area contributed by atoms with Crippen LogP contribution in [-0.2, 0) is 9.47 Å². The fourth-order valence-corrected chi connectivity index (χ4v) is 2.01. The summed E-state index contributed by atoms with van der Waals surface area (Å²) in [5.41, 5.74) is 1.91. The van der Waals surface area contributed by atoms with Gasteiger partial charge in [-0.15, -0.1) is 10.2 Å². The van der Waals surface area contributed by atoms with Crippen LogP contribution in [-0.4, -0.2) is 36.4 Å². The molecule has 2 aromatic rings. The van der Waals surface area contributed by atoms with Gasteiger partial charge in [0.25, 0.3) is 0 Å². The molecule has 0 bridgehead atoms. The fraction of sp³-hybridized carbons (Fsp3) is 0.200. The number of methoxy groups -OCH3 is 2. The second-order valence-corrected chi connectivity index (χ2v) is 4.25. The molecule has 0 atom stereocenters. The number of hydrogen-bond donors (Lipinski definition) is 0. The molecular weight excluding hydrogens is 272 g/mol. The number of nitrogens with zero attached hydrogens (tertiary/aromatic N) is 2. The van der Waals surface area contributed by atoms with E-state index < -0.39 is 11.9 Å². The molecule has 1 aromatic carbocycles. The standard InChI is InChI=1S/C15H14N2O4/c1-9-11(10-7-5-4-6-8-10)13(15(19)21-3)17-16-12(9)14(18)20-2/h4-8H,1-3H3. The van der Waals surface area contributed by atoms with Gasteiger partial charge in [-0.05, 0) is 18.1 Å². The first-order chi connectivity index (χ1) is 10.1. The first kappa shape index (κ1) is 14.6. The minimum atomic E-state index is -0.610. The average Bonchev–Trinajstić information content (AvgIpc) is 2.53. The van der Waals surface area contributed by atoms with Gasteiger partial charge in [-0.3, -0.25) is 0 Å². The third-order valence-corrected chi connectivity index (χ3v) is 3.04. The second-order valence-electron chi connectivity index (χ2n) is 4.25. The molecule has 0 saturated heterocycles. The number of ether oxygens (including phenoxy) is 2. The van der Waals surface area contributed by atoms with E-state index in [0.717, 1.165) is 5.56 Å². The Hall–Kier alpha value is -2.76. The third-order valence-electron chi connectivity index (χ3n) is 3.04. The molecule has 2 rings (SSSR count). The van der Waals surface area contributed by atoms with Crippen LogP contribution in [0, 0.1) is 6.92 Å². The summed E-state index contributed by atoms with van der Waals surface area (Å²) in [6, 6.07) is 9.14. The molecule has 0 unspecified atom stereocenters. The van der Waals surface area contributed by atoms with Crippen LogP contribution in [0.2, 0.25) is 0 Å². The highest BCUT2D eigenvalue weighted by atomic mass is 16.5. The molecule has 0 saturated carbocycles. The van der Waals surface area contributed by atoms with Gasteiger partial charge in [0.1, 0.15) is 0 Å². The predicted molar refractivity (Wildman–Crippen MR) is 74.9 cm³/mol. The fourth-order valence-electron chi connectivity index (χ4n) is 2.01. The first-order valence-corrected chi connectivity index (χ1v) is 6.19. The van der Waals surface area contributed by atoms with E-state index in [2.05, 4.69) is 14.9 Å². The lowest BCUT2D eigenvalue weighted by atomic mass is 9.98. The zero-order chi connectivity index (χ0) is 15.4. The Morgan fingerprint density at radius 1 is 0.905 bits per heavy atom. The summed E-state index contributed by atoms with van der Waals surface area (Å²) in [7, 11) is 2.53. The summed E-state index contributed by atoms with van der Waals surface area (Å²) in [6.45, 7) is 1.69. The molecule has 6 nitrogen and oxygen atoms in total. The van der Waals surface area contributed by atoms with Crippen LogP contribution >= 0.6 is 0 Å². The zero-order valence-electron chi connectivity index (χ0n) is 11.9. The lowest BCUT2D eigenvalue weighted by Crippen LogP contribution is -2.15. The van der Waals surface area contributed by atoms with Crippen molar-refractivity contribution in [2.75, 3.05) is 14.2 Å². The van der Waals surface area contributed by atoms with E-state index in [1.165, 1.54) is 14.2 Å². The van der Waals surface area contributed by atoms with Gasteiger partial charge in [-0.2, -0.15) is 0 Å². The molecule has 0 spiro atoms. The van der Waals surface area contributed by atoms with Crippen LogP contribution in [0.15, 0.2) is 30.3 Å². The maximum Gasteiger partial charge on any atom is 0.359 e. The number of rotatable bonds is 3. The Morgan fingerprint density at radius 3 is 2.00 bits per heavy atom. The molecule has 21 heavy (non-hydrogen) atoms. The lowest BCUT2D eigenvalue weighted by molar-refractivity contribution is 0.0573. The Bertz CT molecular complexity index is 684. The number of hydrogen-bond acceptors (Lipinski definition) is 6. The molecular formula is C15H14N2O4. The van der Waals surface area contributed by atoms with Gasteiger partial charge in [-0.1, -0.05) is 30.3 Å². The Morgan fingerprint density at radius 2 is 1.43 bits per heavy atom. The van der Waals surface area contributed by atoms with E-state index in [1.807, 2.05) is 30.3 Å². The van der Waals surface area contributed by atoms with Crippen molar-refractivity contribution in [1.29, 1.82) is 0 Å². The molecule has 108 valence electrons. The Balaban J connectivity index is 2.73. The van der Waals surface area contributed by atoms with Gasteiger partial charge in [0.15, 0.2) is 11.4 Å². The number of aromatic nitrogens is 2. The van der Waals surface area contributed by atoms with Crippen molar-refractivity contribution in [3.8, 4) is 11.1 Å². The van der Waals surface area contributed by atoms with Crippen LogP contribution in [0.25, 0.3) is 11.1 Å². The van der Waals surface area contributed by atoms with E-state index in [4.69, 9.17) is 4.74 Å². The molecule has 6 heteroatoms. The van der Waals surface area contributed by atoms with Gasteiger partial charge < -0.3 is 9.47 Å². The first-order valence-electron chi connectivity index (χ1n) is 6.19. The van der Waals surface area contributed by atoms with Crippen LogP contribution in [0.1, 0.15) is 26.5 Å². The van der Waals surface area contributed by atoms with Gasteiger partial charge in [0.2, 0.25) is 0 Å². The topological polar surface area (TPSA) is 78.4 Å². The monoisotopic (exact) mass is 286 g/mol. The molecule has 0 fully saturated rings. The summed E-state index contributed by atoms with van der Waals surface area (Å²) >= 11 is 0. The zero-order valence-corrected chi connectivity index (χ0v) is 11.9. The summed E-state index contributed by atoms with van der Waals surface area (Å²) in [4.78, 5) is 23.6. The number of benzene rings is 1. The molecule has 1 heterocycles. The number of carbonyl (C=O) groups excluding carboxylic acids is 2. The van der Waals surface area contributed by atoms with Crippen molar-refractivity contribution < 1.29 is 19.1 Å². The number of esters is 2. The SMILES string of the molecule is COC(=O)c1nnc(C(=O)OC)c(-c2ccccc2)c1C. The van der Waals surface area contributed by atoms with Gasteiger partial charge in [0.05, 0.1) is 14.2 Å². The van der Waals surface area contributed by atoms with E-state index in [0.29, 0.717) is 11.1 Å². The van der Waals surface area contributed by atoms with Gasteiger partial charge in [0, 0.05) is 5.56 Å². The molecule has 0 N–H and O–H groups in total. The smallest absolute Gasteiger partial charge is 0.359 e. The summed E-state index contributed by atoms with van der Waals surface area (Å²) in [6.07, 6.45) is 0. The maximum absolute atomic E-state index is 11.9. The predicted octanol–water partition coefficient (Wildman–Crippen LogP) is 2.03. The lowest BCUT2D eigenvalue weighted by Gasteiger charge is -2.12. The third kappa shape index (κ3) is 2.74. The second kappa shape index (κ2) is 6.13. The molecule has 1 aromatic heterocycles. The van der Waals surface area contributed by atoms with Crippen molar-refractivity contribution in [3.63, 3.8) is 0 Å². The van der Waals surface area contributed by atoms with Crippen molar-refractivity contribution in [3.05, 3.63) is 47.3 Å². The van der Waals surface area contributed by atoms with Crippen LogP contribution < -0.4 is 0 Å². The van der Waals surface area contributed by atoms with Gasteiger partial charge >= 0.3 is 11.9 Å². The molecule has 0 aliphatic rings. The minimum absolute atomic E-state index is 0.0638. The highest BCUT2D eigenvalue weighted by molar-refractivity contribution is 5.99. The molecule has 0 aliphatic heterocycles. The van der Waals surface area contributed by atoms with E-state index >= 15 is 0 Å². The Labute approximate surface area is 121 Å². The quantitative estimate of drug-likeness (QED) is 0.803.